The number of anilines is 1. The Hall–Kier alpha value is -3.20. The molecule has 0 aliphatic carbocycles. The Morgan fingerprint density at radius 3 is 2.80 bits per heavy atom. The number of carbonyl (C=O) groups excluding carboxylic acids is 1. The molecular weight excluding hydrogens is 322 g/mol. The predicted octanol–water partition coefficient (Wildman–Crippen LogP) is 0.192. The molecule has 1 aromatic carbocycles. The van der Waals surface area contributed by atoms with Crippen LogP contribution in [0.25, 0.3) is 5.69 Å². The number of H-pyrrole nitrogens is 1. The molecule has 2 aromatic heterocycles. The molecule has 0 saturated carbocycles. The molecule has 0 spiro atoms. The van der Waals surface area contributed by atoms with Gasteiger partial charge in [0.05, 0.1) is 5.69 Å². The Bertz CT molecular complexity index is 981. The van der Waals surface area contributed by atoms with Crippen molar-refractivity contribution in [3.63, 3.8) is 0 Å². The minimum Gasteiger partial charge on any atom is -0.321 e. The van der Waals surface area contributed by atoms with Crippen molar-refractivity contribution in [2.75, 3.05) is 11.9 Å². The molecule has 9 nitrogen and oxygen atoms in total. The van der Waals surface area contributed by atoms with E-state index in [4.69, 9.17) is 0 Å². The molecular formula is C16H17N7O2. The van der Waals surface area contributed by atoms with Crippen molar-refractivity contribution < 1.29 is 4.79 Å². The Morgan fingerprint density at radius 2 is 2.08 bits per heavy atom. The first-order chi connectivity index (χ1) is 12.1. The van der Waals surface area contributed by atoms with Crippen molar-refractivity contribution in [2.24, 2.45) is 7.05 Å². The molecule has 3 aromatic rings. The molecule has 1 aliphatic rings. The van der Waals surface area contributed by atoms with Crippen molar-refractivity contribution in [1.82, 2.24) is 29.9 Å². The Labute approximate surface area is 142 Å². The molecule has 3 N–H and O–H groups in total. The quantitative estimate of drug-likeness (QED) is 0.631. The predicted molar refractivity (Wildman–Crippen MR) is 90.8 cm³/mol. The van der Waals surface area contributed by atoms with E-state index >= 15 is 0 Å². The summed E-state index contributed by atoms with van der Waals surface area (Å²) in [7, 11) is 1.64. The van der Waals surface area contributed by atoms with E-state index in [0.717, 1.165) is 24.2 Å². The second kappa shape index (κ2) is 6.02. The van der Waals surface area contributed by atoms with Gasteiger partial charge in [-0.25, -0.2) is 4.79 Å². The third-order valence-electron chi connectivity index (χ3n) is 4.21. The first kappa shape index (κ1) is 15.3. The fourth-order valence-electron chi connectivity index (χ4n) is 2.84. The van der Waals surface area contributed by atoms with E-state index in [2.05, 4.69) is 25.9 Å². The monoisotopic (exact) mass is 339 g/mol. The number of nitrogens with zero attached hydrogens (tertiary/aromatic N) is 4. The minimum atomic E-state index is -0.260. The molecule has 25 heavy (non-hydrogen) atoms. The SMILES string of the molecule is Cn1cnn(-c2ccc(NC(=O)c3n[nH]c4c3CNCC4)cc2)c1=O. The largest absolute Gasteiger partial charge is 0.350 e. The topological polar surface area (TPSA) is 110 Å². The van der Waals surface area contributed by atoms with Crippen LogP contribution in [-0.2, 0) is 20.0 Å². The highest BCUT2D eigenvalue weighted by Crippen LogP contribution is 2.18. The van der Waals surface area contributed by atoms with E-state index in [0.29, 0.717) is 23.6 Å². The number of hydrogen-bond donors (Lipinski definition) is 3. The number of rotatable bonds is 3. The first-order valence-electron chi connectivity index (χ1n) is 7.93. The smallest absolute Gasteiger partial charge is 0.321 e. The summed E-state index contributed by atoms with van der Waals surface area (Å²) in [6.07, 6.45) is 2.29. The van der Waals surface area contributed by atoms with Gasteiger partial charge in [-0.05, 0) is 24.3 Å². The standard InChI is InChI=1S/C16H17N7O2/c1-22-9-18-23(16(22)25)11-4-2-10(3-5-11)19-15(24)14-12-8-17-7-6-13(12)20-21-14/h2-5,9,17H,6-8H2,1H3,(H,19,24)(H,20,21). The third kappa shape index (κ3) is 2.74. The van der Waals surface area contributed by atoms with Gasteiger partial charge in [0.1, 0.15) is 6.33 Å². The van der Waals surface area contributed by atoms with Crippen LogP contribution in [0.4, 0.5) is 5.69 Å². The highest BCUT2D eigenvalue weighted by Gasteiger charge is 2.21. The Kier molecular flexibility index (Phi) is 3.69. The zero-order chi connectivity index (χ0) is 17.4. The maximum absolute atomic E-state index is 12.5. The van der Waals surface area contributed by atoms with Crippen LogP contribution >= 0.6 is 0 Å². The number of fused-ring (bicyclic) bond motifs is 1. The molecule has 0 unspecified atom stereocenters. The number of aromatic amines is 1. The summed E-state index contributed by atoms with van der Waals surface area (Å²) in [5.41, 5.74) is 3.36. The summed E-state index contributed by atoms with van der Waals surface area (Å²) in [4.78, 5) is 24.4. The van der Waals surface area contributed by atoms with Crippen LogP contribution in [-0.4, -0.2) is 37.0 Å². The van der Waals surface area contributed by atoms with E-state index in [-0.39, 0.29) is 11.6 Å². The van der Waals surface area contributed by atoms with Gasteiger partial charge >= 0.3 is 5.69 Å². The lowest BCUT2D eigenvalue weighted by molar-refractivity contribution is 0.102. The molecule has 1 amide bonds. The molecule has 0 fully saturated rings. The van der Waals surface area contributed by atoms with E-state index in [1.54, 1.807) is 31.3 Å². The van der Waals surface area contributed by atoms with Crippen molar-refractivity contribution >= 4 is 11.6 Å². The van der Waals surface area contributed by atoms with E-state index in [1.165, 1.54) is 15.6 Å². The highest BCUT2D eigenvalue weighted by molar-refractivity contribution is 6.04. The molecule has 128 valence electrons. The van der Waals surface area contributed by atoms with Crippen LogP contribution in [0, 0.1) is 0 Å². The third-order valence-corrected chi connectivity index (χ3v) is 4.21. The van der Waals surface area contributed by atoms with Gasteiger partial charge in [0.25, 0.3) is 5.91 Å². The van der Waals surface area contributed by atoms with Crippen LogP contribution in [0.3, 0.4) is 0 Å². The molecule has 4 rings (SSSR count). The maximum atomic E-state index is 12.5. The Morgan fingerprint density at radius 1 is 1.28 bits per heavy atom. The number of benzene rings is 1. The molecule has 0 atom stereocenters. The fraction of sp³-hybridized carbons (Fsp3) is 0.250. The van der Waals surface area contributed by atoms with E-state index in [9.17, 15) is 9.59 Å². The van der Waals surface area contributed by atoms with Crippen LogP contribution in [0.15, 0.2) is 35.4 Å². The number of amides is 1. The van der Waals surface area contributed by atoms with Crippen LogP contribution in [0.2, 0.25) is 0 Å². The lowest BCUT2D eigenvalue weighted by atomic mass is 10.1. The van der Waals surface area contributed by atoms with Gasteiger partial charge in [-0.1, -0.05) is 0 Å². The van der Waals surface area contributed by atoms with E-state index < -0.39 is 0 Å². The van der Waals surface area contributed by atoms with Gasteiger partial charge in [0.2, 0.25) is 0 Å². The number of hydrogen-bond acceptors (Lipinski definition) is 5. The average molecular weight is 339 g/mol. The average Bonchev–Trinajstić information content (AvgIpc) is 3.20. The molecule has 0 radical (unpaired) electrons. The van der Waals surface area contributed by atoms with Crippen molar-refractivity contribution in [3.05, 3.63) is 58.0 Å². The van der Waals surface area contributed by atoms with Crippen molar-refractivity contribution in [2.45, 2.75) is 13.0 Å². The van der Waals surface area contributed by atoms with Gasteiger partial charge in [-0.2, -0.15) is 14.9 Å². The summed E-state index contributed by atoms with van der Waals surface area (Å²) in [5.74, 6) is -0.260. The summed E-state index contributed by atoms with van der Waals surface area (Å²) < 4.78 is 2.69. The van der Waals surface area contributed by atoms with E-state index in [1.807, 2.05) is 0 Å². The lowest BCUT2D eigenvalue weighted by Gasteiger charge is -2.13. The summed E-state index contributed by atoms with van der Waals surface area (Å²) >= 11 is 0. The normalized spacial score (nSPS) is 13.5. The maximum Gasteiger partial charge on any atom is 0.350 e. The second-order valence-electron chi connectivity index (χ2n) is 5.89. The van der Waals surface area contributed by atoms with Gasteiger partial charge < -0.3 is 10.6 Å². The number of aryl methyl sites for hydroxylation is 1. The van der Waals surface area contributed by atoms with Gasteiger partial charge in [-0.15, -0.1) is 0 Å². The van der Waals surface area contributed by atoms with Crippen molar-refractivity contribution in [1.29, 1.82) is 0 Å². The molecule has 3 heterocycles. The second-order valence-corrected chi connectivity index (χ2v) is 5.89. The molecule has 0 saturated heterocycles. The molecule has 1 aliphatic heterocycles. The van der Waals surface area contributed by atoms with Crippen molar-refractivity contribution in [3.8, 4) is 5.69 Å². The number of aromatic nitrogens is 5. The van der Waals surface area contributed by atoms with Crippen LogP contribution in [0.5, 0.6) is 0 Å². The summed E-state index contributed by atoms with van der Waals surface area (Å²) in [6, 6.07) is 6.91. The highest BCUT2D eigenvalue weighted by atomic mass is 16.2. The molecule has 0 bridgehead atoms. The number of carbonyl (C=O) groups is 1. The van der Waals surface area contributed by atoms with Crippen LogP contribution in [0.1, 0.15) is 21.7 Å². The van der Waals surface area contributed by atoms with Gasteiger partial charge in [-0.3, -0.25) is 14.5 Å². The first-order valence-corrected chi connectivity index (χ1v) is 7.93. The van der Waals surface area contributed by atoms with Gasteiger partial charge in [0, 0.05) is 43.5 Å². The zero-order valence-corrected chi connectivity index (χ0v) is 13.6. The zero-order valence-electron chi connectivity index (χ0n) is 13.6. The minimum absolute atomic E-state index is 0.229. The lowest BCUT2D eigenvalue weighted by Crippen LogP contribution is -2.25. The van der Waals surface area contributed by atoms with Gasteiger partial charge in [0.15, 0.2) is 5.69 Å². The molecule has 9 heteroatoms. The van der Waals surface area contributed by atoms with Crippen LogP contribution < -0.4 is 16.3 Å². The fourth-order valence-corrected chi connectivity index (χ4v) is 2.84. The summed E-state index contributed by atoms with van der Waals surface area (Å²) in [6.45, 7) is 1.51. The Balaban J connectivity index is 1.53. The summed E-state index contributed by atoms with van der Waals surface area (Å²) in [5, 5.41) is 17.2. The number of nitrogens with one attached hydrogen (secondary N) is 3.